The molecule has 1 amide bonds. The van der Waals surface area contributed by atoms with Crippen molar-refractivity contribution >= 4 is 20.1 Å². The molecular formula is C20H28FN3O4Si. The molecule has 1 aromatic carbocycles. The molecule has 1 saturated heterocycles. The Balaban J connectivity index is 1.73. The Morgan fingerprint density at radius 3 is 2.72 bits per heavy atom. The van der Waals surface area contributed by atoms with E-state index in [-0.39, 0.29) is 18.2 Å². The number of halogens is 1. The number of aromatic nitrogens is 2. The first-order chi connectivity index (χ1) is 13.5. The molecule has 29 heavy (non-hydrogen) atoms. The van der Waals surface area contributed by atoms with Gasteiger partial charge in [-0.3, -0.25) is 4.90 Å². The van der Waals surface area contributed by atoms with E-state index >= 15 is 0 Å². The third kappa shape index (κ3) is 4.52. The summed E-state index contributed by atoms with van der Waals surface area (Å²) in [6.45, 7) is 11.2. The highest BCUT2D eigenvalue weighted by atomic mass is 28.4. The zero-order valence-corrected chi connectivity index (χ0v) is 18.5. The second-order valence-electron chi connectivity index (χ2n) is 8.77. The van der Waals surface area contributed by atoms with Crippen LogP contribution in [0.4, 0.5) is 14.9 Å². The topological polar surface area (TPSA) is 87.7 Å². The van der Waals surface area contributed by atoms with E-state index < -0.39 is 26.3 Å². The van der Waals surface area contributed by atoms with Gasteiger partial charge in [0.05, 0.1) is 42.9 Å². The quantitative estimate of drug-likeness (QED) is 0.687. The van der Waals surface area contributed by atoms with E-state index in [2.05, 4.69) is 43.8 Å². The van der Waals surface area contributed by atoms with Gasteiger partial charge in [0.25, 0.3) is 0 Å². The van der Waals surface area contributed by atoms with Crippen molar-refractivity contribution in [1.29, 1.82) is 0 Å². The lowest BCUT2D eigenvalue weighted by molar-refractivity contribution is 0.0963. The van der Waals surface area contributed by atoms with Gasteiger partial charge in [-0.1, -0.05) is 20.8 Å². The zero-order chi connectivity index (χ0) is 21.4. The summed E-state index contributed by atoms with van der Waals surface area (Å²) in [5.41, 5.74) is 1.46. The Morgan fingerprint density at radius 1 is 1.41 bits per heavy atom. The molecule has 158 valence electrons. The third-order valence-corrected chi connectivity index (χ3v) is 10.1. The Hall–Kier alpha value is -2.23. The fourth-order valence-electron chi connectivity index (χ4n) is 2.74. The maximum atomic E-state index is 14.7. The van der Waals surface area contributed by atoms with Crippen LogP contribution in [0.1, 0.15) is 26.5 Å². The van der Waals surface area contributed by atoms with Crippen molar-refractivity contribution < 1.29 is 23.5 Å². The molecule has 0 unspecified atom stereocenters. The number of cyclic esters (lactones) is 1. The number of nitrogens with one attached hydrogen (secondary N) is 1. The normalized spacial score (nSPS) is 17.7. The second kappa shape index (κ2) is 7.89. The van der Waals surface area contributed by atoms with E-state index in [0.717, 1.165) is 5.69 Å². The number of carbonyl (C=O) groups is 1. The van der Waals surface area contributed by atoms with E-state index in [1.54, 1.807) is 18.3 Å². The molecular weight excluding hydrogens is 393 g/mol. The van der Waals surface area contributed by atoms with Crippen molar-refractivity contribution in [1.82, 2.24) is 9.97 Å². The molecule has 1 fully saturated rings. The fourth-order valence-corrected chi connectivity index (χ4v) is 3.68. The van der Waals surface area contributed by atoms with E-state index in [1.807, 2.05) is 0 Å². The molecule has 3 rings (SSSR count). The smallest absolute Gasteiger partial charge is 0.414 e. The van der Waals surface area contributed by atoms with Gasteiger partial charge in [0, 0.05) is 0 Å². The first-order valence-corrected chi connectivity index (χ1v) is 12.5. The zero-order valence-electron chi connectivity index (χ0n) is 17.5. The summed E-state index contributed by atoms with van der Waals surface area (Å²) >= 11 is 0. The van der Waals surface area contributed by atoms with Crippen molar-refractivity contribution in [3.8, 4) is 11.4 Å². The molecule has 9 heteroatoms. The van der Waals surface area contributed by atoms with Gasteiger partial charge < -0.3 is 19.3 Å². The minimum atomic E-state index is -1.90. The van der Waals surface area contributed by atoms with E-state index in [4.69, 9.17) is 14.3 Å². The largest absolute Gasteiger partial charge is 0.441 e. The second-order valence-corrected chi connectivity index (χ2v) is 13.6. The lowest BCUT2D eigenvalue weighted by atomic mass is 10.1. The SMILES string of the molecule is CC(C)(C)[Si](C)(C)OCc1cnc(-c2ccc(N3C[C@H](CO)OC3=O)cc2F)[nH]1. The van der Waals surface area contributed by atoms with Crippen LogP contribution in [-0.4, -0.2) is 48.7 Å². The number of hydrogen-bond donors (Lipinski definition) is 2. The van der Waals surface area contributed by atoms with Gasteiger partial charge in [-0.15, -0.1) is 0 Å². The van der Waals surface area contributed by atoms with Crippen LogP contribution in [0.2, 0.25) is 18.1 Å². The monoisotopic (exact) mass is 421 g/mol. The molecule has 7 nitrogen and oxygen atoms in total. The molecule has 2 aromatic rings. The number of aromatic amines is 1. The number of aliphatic hydroxyl groups is 1. The molecule has 1 atom stereocenters. The number of benzene rings is 1. The van der Waals surface area contributed by atoms with Gasteiger partial charge in [-0.25, -0.2) is 14.2 Å². The Morgan fingerprint density at radius 2 is 2.14 bits per heavy atom. The summed E-state index contributed by atoms with van der Waals surface area (Å²) in [5, 5.41) is 9.24. The lowest BCUT2D eigenvalue weighted by Gasteiger charge is -2.35. The summed E-state index contributed by atoms with van der Waals surface area (Å²) in [6.07, 6.45) is 0.456. The van der Waals surface area contributed by atoms with Crippen LogP contribution in [0, 0.1) is 5.82 Å². The highest BCUT2D eigenvalue weighted by molar-refractivity contribution is 6.74. The number of amides is 1. The van der Waals surface area contributed by atoms with Crippen molar-refractivity contribution in [2.75, 3.05) is 18.1 Å². The number of rotatable bonds is 6. The molecule has 0 bridgehead atoms. The van der Waals surface area contributed by atoms with Crippen molar-refractivity contribution in [2.24, 2.45) is 0 Å². The molecule has 1 aliphatic rings. The molecule has 0 spiro atoms. The first-order valence-electron chi connectivity index (χ1n) is 9.58. The molecule has 2 heterocycles. The van der Waals surface area contributed by atoms with Gasteiger partial charge in [-0.05, 0) is 36.3 Å². The third-order valence-electron chi connectivity index (χ3n) is 5.62. The minimum Gasteiger partial charge on any atom is -0.441 e. The van der Waals surface area contributed by atoms with Crippen molar-refractivity contribution in [2.45, 2.75) is 51.6 Å². The highest BCUT2D eigenvalue weighted by Gasteiger charge is 2.37. The predicted molar refractivity (Wildman–Crippen MR) is 111 cm³/mol. The van der Waals surface area contributed by atoms with Crippen LogP contribution in [0.3, 0.4) is 0 Å². The number of H-pyrrole nitrogens is 1. The van der Waals surface area contributed by atoms with Gasteiger partial charge in [0.1, 0.15) is 17.7 Å². The molecule has 0 aliphatic carbocycles. The number of ether oxygens (including phenoxy) is 1. The van der Waals surface area contributed by atoms with Crippen molar-refractivity contribution in [3.63, 3.8) is 0 Å². The summed E-state index contributed by atoms with van der Waals surface area (Å²) in [7, 11) is -1.90. The fraction of sp³-hybridized carbons (Fsp3) is 0.500. The van der Waals surface area contributed by atoms with Gasteiger partial charge in [0.2, 0.25) is 0 Å². The highest BCUT2D eigenvalue weighted by Crippen LogP contribution is 2.37. The average molecular weight is 422 g/mol. The first kappa shape index (κ1) is 21.5. The number of aliphatic hydroxyl groups excluding tert-OH is 1. The summed E-state index contributed by atoms with van der Waals surface area (Å²) < 4.78 is 25.9. The standard InChI is InChI=1S/C20H28FN3O4Si/c1-20(2,3)29(4,5)27-12-13-9-22-18(23-13)16-7-6-14(8-17(16)21)24-10-15(11-25)28-19(24)26/h6-9,15,25H,10-12H2,1-5H3,(H,22,23)/t15-/m1/s1. The van der Waals surface area contributed by atoms with Crippen LogP contribution in [0.5, 0.6) is 0 Å². The predicted octanol–water partition coefficient (Wildman–Crippen LogP) is 4.06. The lowest BCUT2D eigenvalue weighted by Crippen LogP contribution is -2.40. The Kier molecular flexibility index (Phi) is 5.84. The summed E-state index contributed by atoms with van der Waals surface area (Å²) in [4.78, 5) is 20.6. The number of carbonyl (C=O) groups excluding carboxylic acids is 1. The molecule has 0 radical (unpaired) electrons. The minimum absolute atomic E-state index is 0.101. The molecule has 0 saturated carbocycles. The molecule has 1 aromatic heterocycles. The number of hydrogen-bond acceptors (Lipinski definition) is 5. The molecule has 1 aliphatic heterocycles. The van der Waals surface area contributed by atoms with Crippen LogP contribution < -0.4 is 4.90 Å². The number of anilines is 1. The Labute approximate surface area is 171 Å². The van der Waals surface area contributed by atoms with Crippen molar-refractivity contribution in [3.05, 3.63) is 35.9 Å². The van der Waals surface area contributed by atoms with E-state index in [0.29, 0.717) is 23.7 Å². The number of nitrogens with zero attached hydrogens (tertiary/aromatic N) is 2. The van der Waals surface area contributed by atoms with Crippen LogP contribution in [0.15, 0.2) is 24.4 Å². The Bertz CT molecular complexity index is 894. The van der Waals surface area contributed by atoms with Crippen LogP contribution in [-0.2, 0) is 15.8 Å². The van der Waals surface area contributed by atoms with Gasteiger partial charge >= 0.3 is 6.09 Å². The van der Waals surface area contributed by atoms with Gasteiger partial charge in [-0.2, -0.15) is 0 Å². The van der Waals surface area contributed by atoms with Crippen LogP contribution in [0.25, 0.3) is 11.4 Å². The van der Waals surface area contributed by atoms with Crippen LogP contribution >= 0.6 is 0 Å². The van der Waals surface area contributed by atoms with E-state index in [9.17, 15) is 9.18 Å². The summed E-state index contributed by atoms with van der Waals surface area (Å²) in [6, 6.07) is 4.47. The van der Waals surface area contributed by atoms with Gasteiger partial charge in [0.15, 0.2) is 8.32 Å². The average Bonchev–Trinajstić information content (AvgIpc) is 3.25. The summed E-state index contributed by atoms with van der Waals surface area (Å²) in [5.74, 6) is -0.103. The molecule has 2 N–H and O–H groups in total. The van der Waals surface area contributed by atoms with E-state index in [1.165, 1.54) is 11.0 Å². The number of imidazole rings is 1. The maximum Gasteiger partial charge on any atom is 0.414 e. The maximum absolute atomic E-state index is 14.7.